The van der Waals surface area contributed by atoms with Gasteiger partial charge in [-0.2, -0.15) is 5.10 Å². The van der Waals surface area contributed by atoms with E-state index in [1.165, 1.54) is 5.57 Å². The normalized spacial score (nSPS) is 16.3. The number of rotatable bonds is 5. The molecule has 5 rings (SSSR count). The van der Waals surface area contributed by atoms with E-state index >= 15 is 0 Å². The molecule has 0 bridgehead atoms. The molecule has 0 spiro atoms. The number of aromatic amines is 1. The van der Waals surface area contributed by atoms with Crippen LogP contribution in [0.1, 0.15) is 30.3 Å². The standard InChI is InChI=1S/C25H26N6O2/c1-2-17-3-6-23(27-8-7-17)28-25(32)24-21-14-18(4-5-22(21)29-30-24)19-13-20(16-26-15-19)31-9-11-33-12-10-31/h4-8,13-16H,2-3,9-12H2,1H3,(H,28,32)(H,29,30). The van der Waals surface area contributed by atoms with E-state index in [-0.39, 0.29) is 5.91 Å². The van der Waals surface area contributed by atoms with Crippen molar-refractivity contribution < 1.29 is 9.53 Å². The molecule has 33 heavy (non-hydrogen) atoms. The first kappa shape index (κ1) is 21.1. The smallest absolute Gasteiger partial charge is 0.277 e. The number of fused-ring (bicyclic) bond motifs is 1. The molecular formula is C25H26N6O2. The third-order valence-corrected chi connectivity index (χ3v) is 5.99. The molecule has 2 N–H and O–H groups in total. The van der Waals surface area contributed by atoms with E-state index in [0.717, 1.165) is 66.9 Å². The first-order valence-electron chi connectivity index (χ1n) is 11.2. The van der Waals surface area contributed by atoms with Crippen LogP contribution < -0.4 is 10.2 Å². The molecule has 2 aromatic heterocycles. The number of hydrogen-bond acceptors (Lipinski definition) is 6. The van der Waals surface area contributed by atoms with Crippen molar-refractivity contribution in [3.05, 3.63) is 65.9 Å². The zero-order valence-electron chi connectivity index (χ0n) is 18.5. The highest BCUT2D eigenvalue weighted by atomic mass is 16.5. The number of carbonyl (C=O) groups excluding carboxylic acids is 1. The molecule has 168 valence electrons. The summed E-state index contributed by atoms with van der Waals surface area (Å²) < 4.78 is 5.46. The fourth-order valence-electron chi connectivity index (χ4n) is 4.04. The van der Waals surface area contributed by atoms with Gasteiger partial charge in [0, 0.05) is 36.5 Å². The number of carbonyl (C=O) groups is 1. The van der Waals surface area contributed by atoms with Gasteiger partial charge in [-0.15, -0.1) is 0 Å². The number of amides is 1. The molecule has 0 atom stereocenters. The van der Waals surface area contributed by atoms with Crippen LogP contribution in [0.15, 0.2) is 65.2 Å². The maximum Gasteiger partial charge on any atom is 0.277 e. The van der Waals surface area contributed by atoms with E-state index in [0.29, 0.717) is 11.5 Å². The molecule has 3 aromatic rings. The Morgan fingerprint density at radius 3 is 2.91 bits per heavy atom. The Bertz CT molecular complexity index is 1270. The molecule has 2 aliphatic rings. The molecule has 2 aliphatic heterocycles. The van der Waals surface area contributed by atoms with Crippen molar-refractivity contribution in [2.24, 2.45) is 4.99 Å². The van der Waals surface area contributed by atoms with Gasteiger partial charge in [0.05, 0.1) is 30.6 Å². The molecule has 0 radical (unpaired) electrons. The van der Waals surface area contributed by atoms with Gasteiger partial charge in [-0.05, 0) is 48.8 Å². The van der Waals surface area contributed by atoms with Gasteiger partial charge in [-0.3, -0.25) is 14.9 Å². The average Bonchev–Trinajstić information content (AvgIpc) is 3.16. The number of nitrogens with one attached hydrogen (secondary N) is 2. The number of aromatic nitrogens is 3. The van der Waals surface area contributed by atoms with Crippen molar-refractivity contribution in [1.29, 1.82) is 0 Å². The van der Waals surface area contributed by atoms with Crippen LogP contribution in [0.2, 0.25) is 0 Å². The first-order valence-corrected chi connectivity index (χ1v) is 11.2. The Hall–Kier alpha value is -3.78. The Labute approximate surface area is 192 Å². The highest BCUT2D eigenvalue weighted by Gasteiger charge is 2.17. The monoisotopic (exact) mass is 442 g/mol. The number of nitrogens with zero attached hydrogens (tertiary/aromatic N) is 4. The molecule has 0 aliphatic carbocycles. The number of morpholine rings is 1. The van der Waals surface area contributed by atoms with Crippen molar-refractivity contribution in [3.8, 4) is 11.1 Å². The lowest BCUT2D eigenvalue weighted by molar-refractivity contribution is 0.0962. The maximum atomic E-state index is 13.0. The molecular weight excluding hydrogens is 416 g/mol. The molecule has 8 heteroatoms. The summed E-state index contributed by atoms with van der Waals surface area (Å²) in [6.07, 6.45) is 11.1. The lowest BCUT2D eigenvalue weighted by Crippen LogP contribution is -2.36. The summed E-state index contributed by atoms with van der Waals surface area (Å²) in [7, 11) is 0. The van der Waals surface area contributed by atoms with Gasteiger partial charge < -0.3 is 15.0 Å². The van der Waals surface area contributed by atoms with Crippen LogP contribution >= 0.6 is 0 Å². The lowest BCUT2D eigenvalue weighted by atomic mass is 10.0. The fraction of sp³-hybridized carbons (Fsp3) is 0.280. The largest absolute Gasteiger partial charge is 0.378 e. The van der Waals surface area contributed by atoms with Crippen molar-refractivity contribution in [1.82, 2.24) is 20.5 Å². The van der Waals surface area contributed by atoms with Gasteiger partial charge in [0.1, 0.15) is 5.82 Å². The second-order valence-electron chi connectivity index (χ2n) is 8.07. The van der Waals surface area contributed by atoms with Crippen molar-refractivity contribution in [3.63, 3.8) is 0 Å². The number of ether oxygens (including phenoxy) is 1. The van der Waals surface area contributed by atoms with Crippen molar-refractivity contribution in [2.75, 3.05) is 31.2 Å². The fourth-order valence-corrected chi connectivity index (χ4v) is 4.04. The van der Waals surface area contributed by atoms with Gasteiger partial charge in [0.2, 0.25) is 0 Å². The summed E-state index contributed by atoms with van der Waals surface area (Å²) in [4.78, 5) is 24.1. The van der Waals surface area contributed by atoms with E-state index in [9.17, 15) is 4.79 Å². The van der Waals surface area contributed by atoms with Crippen LogP contribution in [-0.2, 0) is 4.74 Å². The summed E-state index contributed by atoms with van der Waals surface area (Å²) in [5.74, 6) is 0.247. The summed E-state index contributed by atoms with van der Waals surface area (Å²) in [5, 5.41) is 10.9. The molecule has 1 amide bonds. The molecule has 1 saturated heterocycles. The zero-order chi connectivity index (χ0) is 22.6. The highest BCUT2D eigenvalue weighted by molar-refractivity contribution is 6.06. The third-order valence-electron chi connectivity index (χ3n) is 5.99. The topological polar surface area (TPSA) is 95.5 Å². The van der Waals surface area contributed by atoms with Crippen LogP contribution in [0.3, 0.4) is 0 Å². The highest BCUT2D eigenvalue weighted by Crippen LogP contribution is 2.28. The number of hydrogen-bond donors (Lipinski definition) is 2. The van der Waals surface area contributed by atoms with E-state index < -0.39 is 0 Å². The minimum Gasteiger partial charge on any atom is -0.378 e. The Balaban J connectivity index is 1.40. The van der Waals surface area contributed by atoms with Gasteiger partial charge >= 0.3 is 0 Å². The number of anilines is 1. The van der Waals surface area contributed by atoms with E-state index in [1.807, 2.05) is 42.7 Å². The van der Waals surface area contributed by atoms with E-state index in [1.54, 1.807) is 6.21 Å². The second-order valence-corrected chi connectivity index (χ2v) is 8.07. The second kappa shape index (κ2) is 9.38. The lowest BCUT2D eigenvalue weighted by Gasteiger charge is -2.28. The first-order chi connectivity index (χ1) is 16.2. The summed E-state index contributed by atoms with van der Waals surface area (Å²) in [6.45, 7) is 5.25. The number of H-pyrrole nitrogens is 1. The minimum atomic E-state index is -0.290. The predicted octanol–water partition coefficient (Wildman–Crippen LogP) is 3.84. The third kappa shape index (κ3) is 4.56. The Kier molecular flexibility index (Phi) is 5.99. The van der Waals surface area contributed by atoms with Gasteiger partial charge in [0.25, 0.3) is 5.91 Å². The molecule has 0 unspecified atom stereocenters. The number of aliphatic imine (C=N–C) groups is 1. The Morgan fingerprint density at radius 2 is 2.06 bits per heavy atom. The molecule has 8 nitrogen and oxygen atoms in total. The van der Waals surface area contributed by atoms with E-state index in [4.69, 9.17) is 4.74 Å². The summed E-state index contributed by atoms with van der Waals surface area (Å²) in [5.41, 5.74) is 5.44. The number of pyridine rings is 1. The summed E-state index contributed by atoms with van der Waals surface area (Å²) >= 11 is 0. The minimum absolute atomic E-state index is 0.290. The maximum absolute atomic E-state index is 13.0. The van der Waals surface area contributed by atoms with Gasteiger partial charge in [-0.1, -0.05) is 18.6 Å². The summed E-state index contributed by atoms with van der Waals surface area (Å²) in [6, 6.07) is 8.06. The molecule has 4 heterocycles. The quantitative estimate of drug-likeness (QED) is 0.626. The average molecular weight is 443 g/mol. The van der Waals surface area contributed by atoms with Crippen LogP contribution in [0.4, 0.5) is 5.69 Å². The van der Waals surface area contributed by atoms with Crippen molar-refractivity contribution in [2.45, 2.75) is 19.8 Å². The predicted molar refractivity (Wildman–Crippen MR) is 129 cm³/mol. The van der Waals surface area contributed by atoms with Crippen LogP contribution in [0, 0.1) is 0 Å². The molecule has 1 fully saturated rings. The number of benzene rings is 1. The Morgan fingerprint density at radius 1 is 1.18 bits per heavy atom. The van der Waals surface area contributed by atoms with Crippen LogP contribution in [0.25, 0.3) is 22.0 Å². The van der Waals surface area contributed by atoms with Crippen LogP contribution in [0.5, 0.6) is 0 Å². The molecule has 1 aromatic carbocycles. The van der Waals surface area contributed by atoms with Gasteiger partial charge in [0.15, 0.2) is 5.69 Å². The van der Waals surface area contributed by atoms with Crippen molar-refractivity contribution >= 4 is 28.7 Å². The molecule has 0 saturated carbocycles. The SMILES string of the molecule is CCC1=CC=NC(NC(=O)c2n[nH]c3ccc(-c4cncc(N5CCOCC5)c4)cc23)=CC1. The van der Waals surface area contributed by atoms with Gasteiger partial charge in [-0.25, -0.2) is 4.99 Å². The number of allylic oxidation sites excluding steroid dienone is 3. The van der Waals surface area contributed by atoms with Crippen LogP contribution in [-0.4, -0.2) is 53.6 Å². The van der Waals surface area contributed by atoms with E-state index in [2.05, 4.69) is 43.4 Å². The zero-order valence-corrected chi connectivity index (χ0v) is 18.5.